The first-order valence-corrected chi connectivity index (χ1v) is 7.64. The fraction of sp³-hybridized carbons (Fsp3) is 0.500. The van der Waals surface area contributed by atoms with E-state index in [1.807, 2.05) is 0 Å². The van der Waals surface area contributed by atoms with Gasteiger partial charge in [0.25, 0.3) is 0 Å². The van der Waals surface area contributed by atoms with E-state index < -0.39 is 47.4 Å². The average Bonchev–Trinajstić information content (AvgIpc) is 2.96. The van der Waals surface area contributed by atoms with Crippen molar-refractivity contribution in [2.24, 2.45) is 5.92 Å². The molecule has 0 spiro atoms. The van der Waals surface area contributed by atoms with Gasteiger partial charge < -0.3 is 15.2 Å². The van der Waals surface area contributed by atoms with E-state index in [0.29, 0.717) is 0 Å². The van der Waals surface area contributed by atoms with Gasteiger partial charge in [0.1, 0.15) is 18.0 Å². The van der Waals surface area contributed by atoms with Crippen LogP contribution in [-0.2, 0) is 15.0 Å². The van der Waals surface area contributed by atoms with E-state index in [4.69, 9.17) is 5.11 Å². The second kappa shape index (κ2) is 5.98. The summed E-state index contributed by atoms with van der Waals surface area (Å²) in [5, 5.41) is 11.7. The highest BCUT2D eigenvalue weighted by Gasteiger charge is 2.63. The first kappa shape index (κ1) is 17.7. The summed E-state index contributed by atoms with van der Waals surface area (Å²) in [5.41, 5.74) is -1.13. The zero-order valence-corrected chi connectivity index (χ0v) is 12.8. The summed E-state index contributed by atoms with van der Waals surface area (Å²) in [6.07, 6.45) is -6.26. The molecule has 9 heteroatoms. The predicted molar refractivity (Wildman–Crippen MR) is 76.9 cm³/mol. The van der Waals surface area contributed by atoms with Crippen molar-refractivity contribution in [2.75, 3.05) is 6.54 Å². The molecule has 0 aromatic heterocycles. The third kappa shape index (κ3) is 3.33. The van der Waals surface area contributed by atoms with E-state index in [-0.39, 0.29) is 24.9 Å². The molecule has 2 fully saturated rings. The summed E-state index contributed by atoms with van der Waals surface area (Å²) in [6.45, 7) is 0.138. The van der Waals surface area contributed by atoms with Crippen LogP contribution in [0.1, 0.15) is 18.4 Å². The van der Waals surface area contributed by atoms with Crippen LogP contribution in [0, 0.1) is 5.92 Å². The number of carbonyl (C=O) groups excluding carboxylic acids is 1. The van der Waals surface area contributed by atoms with Crippen LogP contribution >= 0.6 is 0 Å². The number of benzene rings is 1. The van der Waals surface area contributed by atoms with Gasteiger partial charge in [0.15, 0.2) is 5.78 Å². The minimum absolute atomic E-state index is 0.0560. The number of Topliss-reactive ketones (excluding diaryl/α,β-unsaturated/α-hetero) is 1. The van der Waals surface area contributed by atoms with Crippen LogP contribution in [0.5, 0.6) is 5.75 Å². The number of hydrogen-bond donors (Lipinski definition) is 2. The molecule has 25 heavy (non-hydrogen) atoms. The maximum atomic E-state index is 14.1. The number of halogens is 4. The largest absolute Gasteiger partial charge is 0.573 e. The van der Waals surface area contributed by atoms with E-state index in [1.54, 1.807) is 0 Å². The molecule has 5 nitrogen and oxygen atoms in total. The Morgan fingerprint density at radius 3 is 2.28 bits per heavy atom. The molecule has 1 heterocycles. The molecule has 2 aliphatic rings. The first-order chi connectivity index (χ1) is 11.6. The average molecular weight is 361 g/mol. The molecule has 1 aliphatic carbocycles. The molecular formula is C16H15F4NO4. The molecule has 0 amide bonds. The fourth-order valence-electron chi connectivity index (χ4n) is 3.36. The Hall–Kier alpha value is -2.16. The van der Waals surface area contributed by atoms with Gasteiger partial charge in [0, 0.05) is 12.5 Å². The normalized spacial score (nSPS) is 31.6. The van der Waals surface area contributed by atoms with Crippen molar-refractivity contribution in [3.63, 3.8) is 0 Å². The second-order valence-electron chi connectivity index (χ2n) is 6.31. The van der Waals surface area contributed by atoms with Crippen molar-refractivity contribution in [1.29, 1.82) is 0 Å². The lowest BCUT2D eigenvalue weighted by atomic mass is 9.83. The van der Waals surface area contributed by atoms with Gasteiger partial charge in [-0.3, -0.25) is 9.59 Å². The minimum atomic E-state index is -4.83. The molecule has 1 saturated heterocycles. The Kier molecular flexibility index (Phi) is 4.22. The quantitative estimate of drug-likeness (QED) is 0.787. The van der Waals surface area contributed by atoms with Crippen molar-refractivity contribution in [3.8, 4) is 5.75 Å². The summed E-state index contributed by atoms with van der Waals surface area (Å²) in [7, 11) is 0. The predicted octanol–water partition coefficient (Wildman–Crippen LogP) is 2.20. The summed E-state index contributed by atoms with van der Waals surface area (Å²) in [4.78, 5) is 23.7. The monoisotopic (exact) mass is 361 g/mol. The third-order valence-electron chi connectivity index (χ3n) is 4.72. The maximum absolute atomic E-state index is 14.1. The van der Waals surface area contributed by atoms with Gasteiger partial charge in [-0.2, -0.15) is 0 Å². The van der Waals surface area contributed by atoms with Crippen molar-refractivity contribution >= 4 is 11.8 Å². The number of nitrogens with one attached hydrogen (secondary N) is 1. The van der Waals surface area contributed by atoms with Crippen molar-refractivity contribution < 1.29 is 37.0 Å². The molecule has 1 aromatic rings. The van der Waals surface area contributed by atoms with Crippen molar-refractivity contribution in [1.82, 2.24) is 5.32 Å². The minimum Gasteiger partial charge on any atom is -0.480 e. The first-order valence-electron chi connectivity index (χ1n) is 7.64. The van der Waals surface area contributed by atoms with Crippen LogP contribution in [0.2, 0.25) is 0 Å². The Morgan fingerprint density at radius 1 is 1.24 bits per heavy atom. The highest BCUT2D eigenvalue weighted by molar-refractivity contribution is 5.97. The van der Waals surface area contributed by atoms with Crippen LogP contribution in [0.15, 0.2) is 24.3 Å². The number of aliphatic carboxylic acids is 1. The van der Waals surface area contributed by atoms with Crippen LogP contribution in [-0.4, -0.2) is 42.0 Å². The number of ketones is 1. The highest BCUT2D eigenvalue weighted by atomic mass is 19.4. The van der Waals surface area contributed by atoms with Gasteiger partial charge in [0.05, 0.1) is 5.41 Å². The molecule has 0 radical (unpaired) electrons. The topological polar surface area (TPSA) is 75.6 Å². The van der Waals surface area contributed by atoms with Gasteiger partial charge in [-0.25, -0.2) is 4.39 Å². The highest BCUT2D eigenvalue weighted by Crippen LogP contribution is 2.53. The molecule has 3 rings (SSSR count). The van der Waals surface area contributed by atoms with E-state index >= 15 is 0 Å². The van der Waals surface area contributed by atoms with E-state index in [2.05, 4.69) is 10.1 Å². The molecule has 2 N–H and O–H groups in total. The molecule has 4 atom stereocenters. The summed E-state index contributed by atoms with van der Waals surface area (Å²) >= 11 is 0. The molecule has 1 aromatic carbocycles. The summed E-state index contributed by atoms with van der Waals surface area (Å²) < 4.78 is 54.4. The van der Waals surface area contributed by atoms with E-state index in [0.717, 1.165) is 12.1 Å². The standard InChI is InChI=1S/C16H15F4NO4/c17-12-6-15(12,13(22)8-5-11(14(23)24)21-7-8)9-1-3-10(4-2-9)25-16(18,19)20/h1-4,8,11-12,21H,5-7H2,(H,23,24)/t8-,11-,12?,15?/m0/s1. The van der Waals surface area contributed by atoms with Gasteiger partial charge in [-0.15, -0.1) is 13.2 Å². The maximum Gasteiger partial charge on any atom is 0.573 e. The lowest BCUT2D eigenvalue weighted by Crippen LogP contribution is -2.32. The zero-order chi connectivity index (χ0) is 18.4. The molecule has 2 unspecified atom stereocenters. The summed E-state index contributed by atoms with van der Waals surface area (Å²) in [6, 6.07) is 3.71. The number of carboxylic acid groups (broad SMARTS) is 1. The van der Waals surface area contributed by atoms with E-state index in [9.17, 15) is 27.2 Å². The van der Waals surface area contributed by atoms with Gasteiger partial charge in [-0.1, -0.05) is 12.1 Å². The SMILES string of the molecule is O=C(O)[C@@H]1C[C@H](C(=O)C2(c3ccc(OC(F)(F)F)cc3)CC2F)CN1. The molecule has 1 saturated carbocycles. The lowest BCUT2D eigenvalue weighted by molar-refractivity contribution is -0.274. The van der Waals surface area contributed by atoms with Gasteiger partial charge >= 0.3 is 12.3 Å². The number of carboxylic acids is 1. The van der Waals surface area contributed by atoms with Crippen LogP contribution in [0.3, 0.4) is 0 Å². The Balaban J connectivity index is 1.77. The number of rotatable bonds is 5. The summed E-state index contributed by atoms with van der Waals surface area (Å²) in [5.74, 6) is -2.59. The Labute approximate surface area is 140 Å². The number of ether oxygens (including phenoxy) is 1. The van der Waals surface area contributed by atoms with Crippen LogP contribution in [0.4, 0.5) is 17.6 Å². The zero-order valence-electron chi connectivity index (χ0n) is 12.8. The molecule has 0 bridgehead atoms. The van der Waals surface area contributed by atoms with Crippen LogP contribution in [0.25, 0.3) is 0 Å². The van der Waals surface area contributed by atoms with Gasteiger partial charge in [-0.05, 0) is 30.5 Å². The smallest absolute Gasteiger partial charge is 0.480 e. The Bertz CT molecular complexity index is 690. The number of carbonyl (C=O) groups is 2. The number of hydrogen-bond acceptors (Lipinski definition) is 4. The molecular weight excluding hydrogens is 346 g/mol. The molecule has 1 aliphatic heterocycles. The molecule has 136 valence electrons. The Morgan fingerprint density at radius 2 is 1.84 bits per heavy atom. The van der Waals surface area contributed by atoms with E-state index in [1.165, 1.54) is 12.1 Å². The fourth-order valence-corrected chi connectivity index (χ4v) is 3.36. The van der Waals surface area contributed by atoms with Gasteiger partial charge in [0.2, 0.25) is 0 Å². The second-order valence-corrected chi connectivity index (χ2v) is 6.31. The lowest BCUT2D eigenvalue weighted by Gasteiger charge is -2.19. The number of alkyl halides is 4. The third-order valence-corrected chi connectivity index (χ3v) is 4.72. The van der Waals surface area contributed by atoms with Crippen molar-refractivity contribution in [3.05, 3.63) is 29.8 Å². The van der Waals surface area contributed by atoms with Crippen LogP contribution < -0.4 is 10.1 Å². The van der Waals surface area contributed by atoms with Crippen molar-refractivity contribution in [2.45, 2.75) is 36.8 Å².